The molecule has 0 spiro atoms. The zero-order valence-corrected chi connectivity index (χ0v) is 17.2. The minimum Gasteiger partial charge on any atom is -0.508 e. The van der Waals surface area contributed by atoms with E-state index in [-0.39, 0.29) is 17.4 Å². The van der Waals surface area contributed by atoms with Crippen molar-refractivity contribution in [2.24, 2.45) is 0 Å². The van der Waals surface area contributed by atoms with E-state index in [9.17, 15) is 15.3 Å². The predicted octanol–water partition coefficient (Wildman–Crippen LogP) is 4.81. The van der Waals surface area contributed by atoms with Gasteiger partial charge in [-0.3, -0.25) is 4.57 Å². The summed E-state index contributed by atoms with van der Waals surface area (Å²) in [5, 5.41) is 32.1. The van der Waals surface area contributed by atoms with E-state index < -0.39 is 0 Å². The number of hydrogen-bond donors (Lipinski definition) is 4. The highest BCUT2D eigenvalue weighted by molar-refractivity contribution is 7.00. The molecule has 0 saturated carbocycles. The lowest BCUT2D eigenvalue weighted by atomic mass is 10.00. The molecule has 3 aromatic heterocycles. The van der Waals surface area contributed by atoms with Gasteiger partial charge in [0.05, 0.1) is 46.0 Å². The van der Waals surface area contributed by atoms with Gasteiger partial charge in [0.1, 0.15) is 16.8 Å². The van der Waals surface area contributed by atoms with Crippen molar-refractivity contribution >= 4 is 33.8 Å². The number of fused-ring (bicyclic) bond motifs is 2. The number of aromatic amines is 1. The highest BCUT2D eigenvalue weighted by Crippen LogP contribution is 2.49. The van der Waals surface area contributed by atoms with Gasteiger partial charge in [0.2, 0.25) is 5.88 Å². The van der Waals surface area contributed by atoms with Crippen molar-refractivity contribution in [2.75, 3.05) is 0 Å². The van der Waals surface area contributed by atoms with E-state index in [1.807, 2.05) is 36.4 Å². The van der Waals surface area contributed by atoms with E-state index in [1.54, 1.807) is 35.2 Å². The second kappa shape index (κ2) is 6.82. The van der Waals surface area contributed by atoms with Gasteiger partial charge in [-0.1, -0.05) is 18.2 Å². The third kappa shape index (κ3) is 2.72. The molecule has 0 radical (unpaired) electrons. The molecule has 3 aromatic carbocycles. The van der Waals surface area contributed by atoms with E-state index in [2.05, 4.69) is 18.7 Å². The summed E-state index contributed by atoms with van der Waals surface area (Å²) in [6.45, 7) is 0. The van der Waals surface area contributed by atoms with E-state index in [0.717, 1.165) is 33.8 Å². The van der Waals surface area contributed by atoms with E-state index in [1.165, 1.54) is 0 Å². The second-order valence-corrected chi connectivity index (χ2v) is 7.88. The van der Waals surface area contributed by atoms with Gasteiger partial charge in [0.15, 0.2) is 5.75 Å². The monoisotopic (exact) mass is 441 g/mol. The second-order valence-electron chi connectivity index (χ2n) is 7.35. The number of benzene rings is 3. The maximum absolute atomic E-state index is 11.0. The molecule has 0 amide bonds. The lowest BCUT2D eigenvalue weighted by Gasteiger charge is -2.13. The number of aromatic nitrogens is 5. The predicted molar refractivity (Wildman–Crippen MR) is 122 cm³/mol. The smallest absolute Gasteiger partial charge is 0.240 e. The average Bonchev–Trinajstić information content (AvgIpc) is 3.51. The molecule has 32 heavy (non-hydrogen) atoms. The van der Waals surface area contributed by atoms with Crippen molar-refractivity contribution in [2.45, 2.75) is 0 Å². The van der Waals surface area contributed by atoms with Gasteiger partial charge in [-0.2, -0.15) is 8.75 Å². The van der Waals surface area contributed by atoms with E-state index in [4.69, 9.17) is 0 Å². The number of rotatable bonds is 3. The van der Waals surface area contributed by atoms with Crippen molar-refractivity contribution in [1.29, 1.82) is 0 Å². The molecule has 9 heteroatoms. The molecule has 0 bridgehead atoms. The van der Waals surface area contributed by atoms with Crippen LogP contribution in [-0.4, -0.2) is 38.6 Å². The topological polar surface area (TPSA) is 120 Å². The fraction of sp³-hybridized carbons (Fsp3) is 0. The van der Waals surface area contributed by atoms with E-state index in [0.29, 0.717) is 28.0 Å². The van der Waals surface area contributed by atoms with Gasteiger partial charge in [-0.25, -0.2) is 4.98 Å². The molecule has 6 rings (SSSR count). The fourth-order valence-corrected chi connectivity index (χ4v) is 4.52. The summed E-state index contributed by atoms with van der Waals surface area (Å²) in [6, 6.07) is 17.6. The molecule has 0 aliphatic heterocycles. The molecule has 0 atom stereocenters. The quantitative estimate of drug-likeness (QED) is 0.313. The number of aromatic hydroxyl groups is 3. The fourth-order valence-electron chi connectivity index (χ4n) is 4.00. The van der Waals surface area contributed by atoms with Crippen molar-refractivity contribution in [3.63, 3.8) is 0 Å². The Morgan fingerprint density at radius 3 is 2.53 bits per heavy atom. The minimum absolute atomic E-state index is 0.0538. The molecule has 156 valence electrons. The highest BCUT2D eigenvalue weighted by Gasteiger charge is 2.26. The Balaban J connectivity index is 1.71. The van der Waals surface area contributed by atoms with Crippen LogP contribution in [0.25, 0.3) is 50.1 Å². The normalized spacial score (nSPS) is 11.5. The van der Waals surface area contributed by atoms with Crippen molar-refractivity contribution < 1.29 is 15.3 Å². The van der Waals surface area contributed by atoms with Gasteiger partial charge in [0.25, 0.3) is 0 Å². The summed E-state index contributed by atoms with van der Waals surface area (Å²) >= 11 is 1.12. The Bertz CT molecular complexity index is 1630. The minimum atomic E-state index is -0.311. The number of nitrogens with zero attached hydrogens (tertiary/aromatic N) is 4. The zero-order valence-electron chi connectivity index (χ0n) is 16.4. The van der Waals surface area contributed by atoms with Crippen LogP contribution in [0.1, 0.15) is 0 Å². The van der Waals surface area contributed by atoms with Crippen LogP contribution in [0.5, 0.6) is 17.4 Å². The SMILES string of the molecule is Oc1cccc(-c2c(O)c(O)n(-c3ccc4nc[nH]c4c3)c2-c2ccc3nsnc3c2)c1. The van der Waals surface area contributed by atoms with Crippen molar-refractivity contribution in [3.05, 3.63) is 67.0 Å². The summed E-state index contributed by atoms with van der Waals surface area (Å²) in [5.74, 6) is -0.543. The summed E-state index contributed by atoms with van der Waals surface area (Å²) in [5.41, 5.74) is 5.92. The van der Waals surface area contributed by atoms with Crippen LogP contribution in [0.4, 0.5) is 0 Å². The molecule has 0 aliphatic rings. The van der Waals surface area contributed by atoms with Gasteiger partial charge in [0, 0.05) is 5.56 Å². The molecule has 8 nitrogen and oxygen atoms in total. The number of phenols is 1. The van der Waals surface area contributed by atoms with E-state index >= 15 is 0 Å². The number of hydrogen-bond acceptors (Lipinski definition) is 7. The maximum atomic E-state index is 11.0. The zero-order chi connectivity index (χ0) is 21.8. The Hall–Kier alpha value is -4.37. The van der Waals surface area contributed by atoms with Crippen LogP contribution in [0.2, 0.25) is 0 Å². The lowest BCUT2D eigenvalue weighted by Crippen LogP contribution is -1.97. The number of H-pyrrole nitrogens is 1. The molecular formula is C23H15N5O3S. The summed E-state index contributed by atoms with van der Waals surface area (Å²) < 4.78 is 10.2. The highest BCUT2D eigenvalue weighted by atomic mass is 32.1. The maximum Gasteiger partial charge on any atom is 0.240 e. The Morgan fingerprint density at radius 1 is 0.812 bits per heavy atom. The molecule has 6 aromatic rings. The third-order valence-electron chi connectivity index (χ3n) is 5.44. The van der Waals surface area contributed by atoms with Gasteiger partial charge in [-0.05, 0) is 48.0 Å². The molecule has 4 N–H and O–H groups in total. The standard InChI is InChI=1S/C23H15N5O3S/c29-15-3-1-2-12(8-15)20-21(13-4-6-17-19(9-13)27-32-26-17)28(23(31)22(20)30)14-5-7-16-18(10-14)25-11-24-16/h1-11,29-31H,(H,24,25). The number of phenolic OH excluding ortho intramolecular Hbond substituents is 1. The van der Waals surface area contributed by atoms with Crippen molar-refractivity contribution in [1.82, 2.24) is 23.3 Å². The van der Waals surface area contributed by atoms with Crippen LogP contribution >= 0.6 is 11.7 Å². The number of imidazole rings is 1. The van der Waals surface area contributed by atoms with Crippen LogP contribution in [0, 0.1) is 0 Å². The van der Waals surface area contributed by atoms with Crippen LogP contribution < -0.4 is 0 Å². The Kier molecular flexibility index (Phi) is 3.92. The molecule has 0 unspecified atom stereocenters. The summed E-state index contributed by atoms with van der Waals surface area (Å²) in [7, 11) is 0. The Morgan fingerprint density at radius 2 is 1.66 bits per heavy atom. The summed E-state index contributed by atoms with van der Waals surface area (Å²) in [6.07, 6.45) is 1.60. The first-order valence-corrected chi connectivity index (χ1v) is 10.5. The summed E-state index contributed by atoms with van der Waals surface area (Å²) in [4.78, 5) is 7.32. The molecule has 3 heterocycles. The molecular weight excluding hydrogens is 426 g/mol. The molecule has 0 saturated heterocycles. The average molecular weight is 441 g/mol. The lowest BCUT2D eigenvalue weighted by molar-refractivity contribution is 0.388. The first-order chi connectivity index (χ1) is 15.6. The third-order valence-corrected chi connectivity index (χ3v) is 6.00. The van der Waals surface area contributed by atoms with Gasteiger partial charge in [-0.15, -0.1) is 0 Å². The van der Waals surface area contributed by atoms with Crippen LogP contribution in [0.3, 0.4) is 0 Å². The number of nitrogens with one attached hydrogen (secondary N) is 1. The van der Waals surface area contributed by atoms with Gasteiger partial charge < -0.3 is 20.3 Å². The van der Waals surface area contributed by atoms with Crippen LogP contribution in [0.15, 0.2) is 67.0 Å². The first-order valence-electron chi connectivity index (χ1n) is 9.72. The van der Waals surface area contributed by atoms with Crippen molar-refractivity contribution in [3.8, 4) is 45.5 Å². The molecule has 0 aliphatic carbocycles. The largest absolute Gasteiger partial charge is 0.508 e. The first kappa shape index (κ1) is 18.4. The Labute approximate surface area is 185 Å². The van der Waals surface area contributed by atoms with Crippen LogP contribution in [-0.2, 0) is 0 Å². The molecule has 0 fully saturated rings. The van der Waals surface area contributed by atoms with Gasteiger partial charge >= 0.3 is 0 Å².